The first kappa shape index (κ1) is 12.2. The maximum Gasteiger partial charge on any atom is 0.573 e. The van der Waals surface area contributed by atoms with Crippen molar-refractivity contribution in [1.29, 1.82) is 0 Å². The van der Waals surface area contributed by atoms with Crippen LogP contribution in [0.15, 0.2) is 24.3 Å². The lowest BCUT2D eigenvalue weighted by atomic mass is 10.0. The summed E-state index contributed by atoms with van der Waals surface area (Å²) >= 11 is 0. The van der Waals surface area contributed by atoms with Crippen molar-refractivity contribution >= 4 is 0 Å². The molecule has 1 aromatic rings. The molecule has 0 aliphatic heterocycles. The second-order valence-corrected chi connectivity index (χ2v) is 4.40. The monoisotopic (exact) mass is 245 g/mol. The van der Waals surface area contributed by atoms with Crippen molar-refractivity contribution in [1.82, 2.24) is 0 Å². The third-order valence-corrected chi connectivity index (χ3v) is 2.86. The minimum absolute atomic E-state index is 0.115. The molecule has 94 valence electrons. The summed E-state index contributed by atoms with van der Waals surface area (Å²) in [5.74, 6) is 0.391. The number of ether oxygens (including phenoxy) is 1. The van der Waals surface area contributed by atoms with E-state index in [4.69, 9.17) is 5.73 Å². The summed E-state index contributed by atoms with van der Waals surface area (Å²) in [7, 11) is 0. The van der Waals surface area contributed by atoms with Crippen molar-refractivity contribution in [3.63, 3.8) is 0 Å². The van der Waals surface area contributed by atoms with E-state index in [2.05, 4.69) is 4.74 Å². The van der Waals surface area contributed by atoms with Gasteiger partial charge in [-0.25, -0.2) is 0 Å². The molecule has 1 aromatic carbocycles. The number of alkyl halides is 3. The van der Waals surface area contributed by atoms with Crippen LogP contribution in [0.4, 0.5) is 13.2 Å². The van der Waals surface area contributed by atoms with Gasteiger partial charge >= 0.3 is 6.36 Å². The summed E-state index contributed by atoms with van der Waals surface area (Å²) in [6, 6.07) is 6.02. The second-order valence-electron chi connectivity index (χ2n) is 4.40. The average molecular weight is 245 g/mol. The molecular weight excluding hydrogens is 231 g/mol. The van der Waals surface area contributed by atoms with Gasteiger partial charge < -0.3 is 10.5 Å². The van der Waals surface area contributed by atoms with Gasteiger partial charge in [-0.2, -0.15) is 0 Å². The molecule has 1 aliphatic rings. The van der Waals surface area contributed by atoms with E-state index >= 15 is 0 Å². The maximum absolute atomic E-state index is 11.9. The van der Waals surface area contributed by atoms with Crippen LogP contribution in [0.1, 0.15) is 18.4 Å². The number of nitrogens with two attached hydrogens (primary N) is 1. The van der Waals surface area contributed by atoms with Crippen LogP contribution < -0.4 is 10.5 Å². The zero-order chi connectivity index (χ0) is 12.5. The Hall–Kier alpha value is -1.23. The molecule has 1 unspecified atom stereocenters. The van der Waals surface area contributed by atoms with E-state index in [0.717, 1.165) is 18.4 Å². The van der Waals surface area contributed by atoms with Crippen molar-refractivity contribution < 1.29 is 17.9 Å². The summed E-state index contributed by atoms with van der Waals surface area (Å²) in [5, 5.41) is 0. The number of hydrogen-bond acceptors (Lipinski definition) is 2. The molecule has 1 aliphatic carbocycles. The van der Waals surface area contributed by atoms with Crippen LogP contribution >= 0.6 is 0 Å². The second kappa shape index (κ2) is 4.56. The number of benzene rings is 1. The molecule has 17 heavy (non-hydrogen) atoms. The van der Waals surface area contributed by atoms with Crippen molar-refractivity contribution in [2.24, 2.45) is 11.7 Å². The molecule has 1 saturated carbocycles. The molecule has 0 amide bonds. The van der Waals surface area contributed by atoms with Gasteiger partial charge in [0.1, 0.15) is 5.75 Å². The Labute approximate surface area is 97.6 Å². The van der Waals surface area contributed by atoms with Crippen molar-refractivity contribution in [3.8, 4) is 5.75 Å². The van der Waals surface area contributed by atoms with Crippen molar-refractivity contribution in [2.75, 3.05) is 0 Å². The zero-order valence-electron chi connectivity index (χ0n) is 9.20. The molecule has 1 fully saturated rings. The normalized spacial score (nSPS) is 17.9. The molecule has 2 rings (SSSR count). The van der Waals surface area contributed by atoms with Crippen LogP contribution in [0.2, 0.25) is 0 Å². The Kier molecular flexibility index (Phi) is 3.28. The highest BCUT2D eigenvalue weighted by molar-refractivity contribution is 5.28. The topological polar surface area (TPSA) is 35.2 Å². The smallest absolute Gasteiger partial charge is 0.406 e. The Morgan fingerprint density at radius 3 is 2.29 bits per heavy atom. The van der Waals surface area contributed by atoms with E-state index in [1.54, 1.807) is 12.1 Å². The quantitative estimate of drug-likeness (QED) is 0.885. The molecule has 0 aromatic heterocycles. The third kappa shape index (κ3) is 3.93. The summed E-state index contributed by atoms with van der Waals surface area (Å²) in [6.07, 6.45) is -1.60. The first-order valence-electron chi connectivity index (χ1n) is 5.54. The fourth-order valence-corrected chi connectivity index (χ4v) is 1.79. The van der Waals surface area contributed by atoms with Gasteiger partial charge in [-0.1, -0.05) is 12.1 Å². The Morgan fingerprint density at radius 1 is 1.24 bits per heavy atom. The largest absolute Gasteiger partial charge is 0.573 e. The third-order valence-electron chi connectivity index (χ3n) is 2.86. The lowest BCUT2D eigenvalue weighted by Crippen LogP contribution is -2.25. The lowest BCUT2D eigenvalue weighted by molar-refractivity contribution is -0.274. The Bertz CT molecular complexity index is 370. The number of rotatable bonds is 4. The summed E-state index contributed by atoms with van der Waals surface area (Å²) in [4.78, 5) is 0. The van der Waals surface area contributed by atoms with Crippen LogP contribution in [0, 0.1) is 5.92 Å². The van der Waals surface area contributed by atoms with Crippen LogP contribution in [-0.2, 0) is 6.42 Å². The summed E-state index contributed by atoms with van der Waals surface area (Å²) in [6.45, 7) is 0. The van der Waals surface area contributed by atoms with E-state index in [1.165, 1.54) is 12.1 Å². The first-order chi connectivity index (χ1) is 7.94. The maximum atomic E-state index is 11.9. The van der Waals surface area contributed by atoms with Gasteiger partial charge in [0.15, 0.2) is 0 Å². The highest BCUT2D eigenvalue weighted by atomic mass is 19.4. The molecule has 0 bridgehead atoms. The molecule has 0 heterocycles. The average Bonchev–Trinajstić information content (AvgIpc) is 3.02. The fraction of sp³-hybridized carbons (Fsp3) is 0.500. The van der Waals surface area contributed by atoms with Gasteiger partial charge in [0.05, 0.1) is 0 Å². The SMILES string of the molecule is NC(Cc1ccc(OC(F)(F)F)cc1)C1CC1. The van der Waals surface area contributed by atoms with E-state index < -0.39 is 6.36 Å². The molecule has 2 N–H and O–H groups in total. The summed E-state index contributed by atoms with van der Waals surface area (Å²) in [5.41, 5.74) is 6.88. The molecule has 1 atom stereocenters. The Balaban J connectivity index is 1.92. The zero-order valence-corrected chi connectivity index (χ0v) is 9.20. The van der Waals surface area contributed by atoms with Crippen molar-refractivity contribution in [2.45, 2.75) is 31.7 Å². The van der Waals surface area contributed by atoms with E-state index in [0.29, 0.717) is 12.3 Å². The van der Waals surface area contributed by atoms with Gasteiger partial charge in [-0.15, -0.1) is 13.2 Å². The summed E-state index contributed by atoms with van der Waals surface area (Å²) < 4.78 is 39.6. The van der Waals surface area contributed by atoms with E-state index in [1.807, 2.05) is 0 Å². The van der Waals surface area contributed by atoms with Crippen LogP contribution in [0.3, 0.4) is 0 Å². The Morgan fingerprint density at radius 2 is 1.82 bits per heavy atom. The number of hydrogen-bond donors (Lipinski definition) is 1. The standard InChI is InChI=1S/C12H14F3NO/c13-12(14,15)17-10-5-1-8(2-6-10)7-11(16)9-3-4-9/h1-2,5-6,9,11H,3-4,7,16H2. The van der Waals surface area contributed by atoms with Crippen LogP contribution in [0.5, 0.6) is 5.75 Å². The molecule has 5 heteroatoms. The van der Waals surface area contributed by atoms with Crippen LogP contribution in [-0.4, -0.2) is 12.4 Å². The molecule has 0 radical (unpaired) electrons. The predicted octanol–water partition coefficient (Wildman–Crippen LogP) is 2.87. The van der Waals surface area contributed by atoms with E-state index in [-0.39, 0.29) is 11.8 Å². The lowest BCUT2D eigenvalue weighted by Gasteiger charge is -2.12. The predicted molar refractivity (Wildman–Crippen MR) is 57.5 cm³/mol. The number of halogens is 3. The van der Waals surface area contributed by atoms with Gasteiger partial charge in [0.2, 0.25) is 0 Å². The molecule has 2 nitrogen and oxygen atoms in total. The van der Waals surface area contributed by atoms with E-state index in [9.17, 15) is 13.2 Å². The molecular formula is C12H14F3NO. The molecule has 0 spiro atoms. The van der Waals surface area contributed by atoms with Gasteiger partial charge in [0.25, 0.3) is 0 Å². The first-order valence-corrected chi connectivity index (χ1v) is 5.54. The van der Waals surface area contributed by atoms with Gasteiger partial charge in [-0.05, 0) is 42.9 Å². The highest BCUT2D eigenvalue weighted by Crippen LogP contribution is 2.33. The minimum Gasteiger partial charge on any atom is -0.406 e. The van der Waals surface area contributed by atoms with Gasteiger partial charge in [-0.3, -0.25) is 0 Å². The fourth-order valence-electron chi connectivity index (χ4n) is 1.79. The molecule has 0 saturated heterocycles. The highest BCUT2D eigenvalue weighted by Gasteiger charge is 2.31. The van der Waals surface area contributed by atoms with Crippen molar-refractivity contribution in [3.05, 3.63) is 29.8 Å². The van der Waals surface area contributed by atoms with Gasteiger partial charge in [0, 0.05) is 6.04 Å². The van der Waals surface area contributed by atoms with Crippen LogP contribution in [0.25, 0.3) is 0 Å². The minimum atomic E-state index is -4.63.